The van der Waals surface area contributed by atoms with Gasteiger partial charge in [0.15, 0.2) is 0 Å². The van der Waals surface area contributed by atoms with Crippen LogP contribution in [0.5, 0.6) is 0 Å². The summed E-state index contributed by atoms with van der Waals surface area (Å²) >= 11 is 0. The van der Waals surface area contributed by atoms with Crippen molar-refractivity contribution >= 4 is 13.7 Å². The maximum Gasteiger partial charge on any atom is 0.472 e. The van der Waals surface area contributed by atoms with E-state index in [9.17, 15) is 19.4 Å². The van der Waals surface area contributed by atoms with Crippen molar-refractivity contribution in [3.8, 4) is 0 Å². The second kappa shape index (κ2) is 50.9. The standard InChI is InChI=1S/C59H117N2O6P/c1-6-8-10-12-14-16-18-20-21-22-23-24-25-26-27-28-29-30-31-32-33-34-35-36-37-38-39-41-43-45-47-49-51-53-59(63)60-57(56-67-68(64,65)66-55-54-61(3,4)5)58(62)52-50-48-46-44-42-40-19-17-15-13-11-9-7-2/h18,20,22-23,57-58,62H,6-17,19,21,24-56H2,1-5H3,(H-,60,63,64,65)/p+1/b20-18-,23-22-. The van der Waals surface area contributed by atoms with Crippen LogP contribution in [-0.2, 0) is 18.4 Å². The Kier molecular flexibility index (Phi) is 50.1. The molecule has 0 saturated heterocycles. The first kappa shape index (κ1) is 67.0. The summed E-state index contributed by atoms with van der Waals surface area (Å²) in [5, 5.41) is 14.0. The molecule has 0 aliphatic carbocycles. The van der Waals surface area contributed by atoms with E-state index in [1.807, 2.05) is 21.1 Å². The summed E-state index contributed by atoms with van der Waals surface area (Å²) in [6, 6.07) is -0.757. The molecule has 8 nitrogen and oxygen atoms in total. The van der Waals surface area contributed by atoms with Crippen LogP contribution in [0.3, 0.4) is 0 Å². The van der Waals surface area contributed by atoms with Gasteiger partial charge in [0.05, 0.1) is 39.9 Å². The molecule has 3 N–H and O–H groups in total. The van der Waals surface area contributed by atoms with E-state index in [2.05, 4.69) is 43.5 Å². The molecule has 0 spiro atoms. The van der Waals surface area contributed by atoms with Crippen molar-refractivity contribution in [1.82, 2.24) is 5.32 Å². The van der Waals surface area contributed by atoms with Crippen LogP contribution in [0.2, 0.25) is 0 Å². The molecule has 404 valence electrons. The highest BCUT2D eigenvalue weighted by Crippen LogP contribution is 2.43. The van der Waals surface area contributed by atoms with Crippen LogP contribution >= 0.6 is 7.82 Å². The largest absolute Gasteiger partial charge is 0.472 e. The summed E-state index contributed by atoms with van der Waals surface area (Å²) in [5.41, 5.74) is 0. The number of phosphoric ester groups is 1. The number of aliphatic hydroxyl groups excluding tert-OH is 1. The average Bonchev–Trinajstić information content (AvgIpc) is 3.30. The molecular weight excluding hydrogens is 864 g/mol. The molecule has 0 radical (unpaired) electrons. The Bertz CT molecular complexity index is 1160. The van der Waals surface area contributed by atoms with E-state index in [1.165, 1.54) is 225 Å². The predicted molar refractivity (Wildman–Crippen MR) is 295 cm³/mol. The lowest BCUT2D eigenvalue weighted by atomic mass is 10.0. The number of hydrogen-bond acceptors (Lipinski definition) is 5. The Morgan fingerprint density at radius 1 is 0.500 bits per heavy atom. The maximum absolute atomic E-state index is 13.0. The predicted octanol–water partition coefficient (Wildman–Crippen LogP) is 18.0. The van der Waals surface area contributed by atoms with Gasteiger partial charge in [-0.1, -0.05) is 269 Å². The van der Waals surface area contributed by atoms with Gasteiger partial charge in [-0.25, -0.2) is 4.57 Å². The number of quaternary nitrogens is 1. The molecule has 9 heteroatoms. The molecule has 0 aromatic heterocycles. The highest BCUT2D eigenvalue weighted by Gasteiger charge is 2.28. The topological polar surface area (TPSA) is 105 Å². The third-order valence-corrected chi connectivity index (χ3v) is 14.7. The van der Waals surface area contributed by atoms with Gasteiger partial charge in [0.1, 0.15) is 13.2 Å². The summed E-state index contributed by atoms with van der Waals surface area (Å²) < 4.78 is 23.7. The second-order valence-electron chi connectivity index (χ2n) is 21.7. The Hall–Kier alpha value is -1.02. The molecule has 0 aliphatic rings. The van der Waals surface area contributed by atoms with Gasteiger partial charge in [-0.2, -0.15) is 0 Å². The van der Waals surface area contributed by atoms with Gasteiger partial charge in [0.2, 0.25) is 5.91 Å². The average molecular weight is 983 g/mol. The van der Waals surface area contributed by atoms with Gasteiger partial charge in [0, 0.05) is 6.42 Å². The zero-order valence-electron chi connectivity index (χ0n) is 46.1. The third-order valence-electron chi connectivity index (χ3n) is 13.7. The van der Waals surface area contributed by atoms with Crippen LogP contribution in [0, 0.1) is 0 Å². The van der Waals surface area contributed by atoms with Gasteiger partial charge >= 0.3 is 7.82 Å². The molecule has 0 aromatic carbocycles. The van der Waals surface area contributed by atoms with Crippen molar-refractivity contribution in [3.05, 3.63) is 24.3 Å². The minimum Gasteiger partial charge on any atom is -0.391 e. The van der Waals surface area contributed by atoms with E-state index in [0.29, 0.717) is 23.9 Å². The first-order valence-electron chi connectivity index (χ1n) is 29.7. The van der Waals surface area contributed by atoms with Crippen molar-refractivity contribution in [2.24, 2.45) is 0 Å². The highest BCUT2D eigenvalue weighted by molar-refractivity contribution is 7.47. The number of carbonyl (C=O) groups is 1. The fraction of sp³-hybridized carbons (Fsp3) is 0.915. The van der Waals surface area contributed by atoms with Crippen LogP contribution in [0.1, 0.15) is 296 Å². The molecular formula is C59H118N2O6P+. The number of nitrogens with zero attached hydrogens (tertiary/aromatic N) is 1. The molecule has 0 rings (SSSR count). The monoisotopic (exact) mass is 982 g/mol. The highest BCUT2D eigenvalue weighted by atomic mass is 31.2. The summed E-state index contributed by atoms with van der Waals surface area (Å²) in [5.74, 6) is -0.139. The number of carbonyl (C=O) groups excluding carboxylic acids is 1. The van der Waals surface area contributed by atoms with E-state index in [1.54, 1.807) is 0 Å². The lowest BCUT2D eigenvalue weighted by molar-refractivity contribution is -0.870. The molecule has 3 atom stereocenters. The van der Waals surface area contributed by atoms with Gasteiger partial charge in [-0.15, -0.1) is 0 Å². The molecule has 3 unspecified atom stereocenters. The second-order valence-corrected chi connectivity index (χ2v) is 23.2. The van der Waals surface area contributed by atoms with Crippen LogP contribution < -0.4 is 5.32 Å². The van der Waals surface area contributed by atoms with Gasteiger partial charge in [0.25, 0.3) is 0 Å². The summed E-state index contributed by atoms with van der Waals surface area (Å²) in [7, 11) is 1.63. The third kappa shape index (κ3) is 52.8. The number of aliphatic hydroxyl groups is 1. The van der Waals surface area contributed by atoms with Crippen molar-refractivity contribution in [2.75, 3.05) is 40.9 Å². The Labute approximate surface area is 424 Å². The maximum atomic E-state index is 13.0. The number of allylic oxidation sites excluding steroid dienone is 4. The lowest BCUT2D eigenvalue weighted by Gasteiger charge is -2.26. The molecule has 0 bridgehead atoms. The number of amides is 1. The van der Waals surface area contributed by atoms with Crippen molar-refractivity contribution < 1.29 is 32.9 Å². The fourth-order valence-corrected chi connectivity index (χ4v) is 9.76. The number of unbranched alkanes of at least 4 members (excludes halogenated alkanes) is 38. The first-order chi connectivity index (χ1) is 33.0. The summed E-state index contributed by atoms with van der Waals surface area (Å²) in [6.07, 6.45) is 63.9. The van der Waals surface area contributed by atoms with Crippen molar-refractivity contribution in [3.63, 3.8) is 0 Å². The van der Waals surface area contributed by atoms with E-state index < -0.39 is 20.0 Å². The number of hydrogen-bond donors (Lipinski definition) is 3. The first-order valence-corrected chi connectivity index (χ1v) is 31.2. The van der Waals surface area contributed by atoms with Crippen LogP contribution in [0.25, 0.3) is 0 Å². The number of nitrogens with one attached hydrogen (secondary N) is 1. The molecule has 1 amide bonds. The Balaban J connectivity index is 3.95. The van der Waals surface area contributed by atoms with E-state index in [4.69, 9.17) is 9.05 Å². The van der Waals surface area contributed by atoms with Gasteiger partial charge in [-0.3, -0.25) is 13.8 Å². The molecule has 0 fully saturated rings. The normalized spacial score (nSPS) is 14.0. The molecule has 0 aromatic rings. The number of rotatable bonds is 55. The summed E-state index contributed by atoms with van der Waals surface area (Å²) in [6.45, 7) is 4.91. The SMILES string of the molecule is CCCCCCC/C=C\C/C=C\CCCCCCCCCCCCCCCCCCCCCCCC(=O)NC(COP(=O)(O)OCC[N+](C)(C)C)C(O)CCCCCCCCCCCCCCC. The van der Waals surface area contributed by atoms with Crippen LogP contribution in [0.4, 0.5) is 0 Å². The molecule has 0 aliphatic heterocycles. The zero-order chi connectivity index (χ0) is 49.9. The molecule has 0 heterocycles. The summed E-state index contributed by atoms with van der Waals surface area (Å²) in [4.78, 5) is 23.3. The number of likely N-dealkylation sites (N-methyl/N-ethyl adjacent to an activating group) is 1. The lowest BCUT2D eigenvalue weighted by Crippen LogP contribution is -2.46. The van der Waals surface area contributed by atoms with Gasteiger partial charge in [-0.05, 0) is 44.9 Å². The number of phosphoric acid groups is 1. The minimum absolute atomic E-state index is 0.0772. The Morgan fingerprint density at radius 2 is 0.838 bits per heavy atom. The zero-order valence-corrected chi connectivity index (χ0v) is 47.0. The van der Waals surface area contributed by atoms with Crippen LogP contribution in [-0.4, -0.2) is 73.4 Å². The van der Waals surface area contributed by atoms with E-state index in [-0.39, 0.29) is 19.1 Å². The Morgan fingerprint density at radius 3 is 1.21 bits per heavy atom. The minimum atomic E-state index is -4.32. The van der Waals surface area contributed by atoms with E-state index in [0.717, 1.165) is 44.9 Å². The van der Waals surface area contributed by atoms with Crippen LogP contribution in [0.15, 0.2) is 24.3 Å². The van der Waals surface area contributed by atoms with Crippen molar-refractivity contribution in [1.29, 1.82) is 0 Å². The fourth-order valence-electron chi connectivity index (χ4n) is 9.02. The molecule has 0 saturated carbocycles. The van der Waals surface area contributed by atoms with Gasteiger partial charge < -0.3 is 19.8 Å². The van der Waals surface area contributed by atoms with Crippen molar-refractivity contribution in [2.45, 2.75) is 309 Å². The smallest absolute Gasteiger partial charge is 0.391 e. The quantitative estimate of drug-likeness (QED) is 0.0243. The molecule has 68 heavy (non-hydrogen) atoms. The van der Waals surface area contributed by atoms with E-state index >= 15 is 0 Å².